The third-order valence-electron chi connectivity index (χ3n) is 5.28. The summed E-state index contributed by atoms with van der Waals surface area (Å²) in [6, 6.07) is 0. The maximum absolute atomic E-state index is 10.5. The Kier molecular flexibility index (Phi) is 10.6. The highest BCUT2D eigenvalue weighted by Crippen LogP contribution is 2.37. The first kappa shape index (κ1) is 19.5. The molecule has 1 aliphatic rings. The maximum Gasteiger partial charge on any atom is 0.303 e. The van der Waals surface area contributed by atoms with Crippen LogP contribution in [0.5, 0.6) is 0 Å². The Morgan fingerprint density at radius 1 is 0.955 bits per heavy atom. The summed E-state index contributed by atoms with van der Waals surface area (Å²) in [6.07, 6.45) is 15.4. The van der Waals surface area contributed by atoms with E-state index >= 15 is 0 Å². The molecule has 3 heteroatoms. The summed E-state index contributed by atoms with van der Waals surface area (Å²) in [5.41, 5.74) is 0. The van der Waals surface area contributed by atoms with Gasteiger partial charge < -0.3 is 10.2 Å². The Labute approximate surface area is 136 Å². The number of aliphatic hydroxyl groups is 1. The van der Waals surface area contributed by atoms with Crippen LogP contribution in [-0.4, -0.2) is 22.3 Å². The first-order valence-electron chi connectivity index (χ1n) is 9.55. The Morgan fingerprint density at radius 3 is 2.36 bits per heavy atom. The quantitative estimate of drug-likeness (QED) is 0.489. The Morgan fingerprint density at radius 2 is 1.64 bits per heavy atom. The average molecular weight is 312 g/mol. The van der Waals surface area contributed by atoms with Crippen LogP contribution >= 0.6 is 0 Å². The van der Waals surface area contributed by atoms with Crippen molar-refractivity contribution < 1.29 is 15.0 Å². The minimum absolute atomic E-state index is 0.0936. The van der Waals surface area contributed by atoms with Crippen molar-refractivity contribution in [2.45, 2.75) is 103 Å². The van der Waals surface area contributed by atoms with Crippen LogP contribution in [0, 0.1) is 11.8 Å². The van der Waals surface area contributed by atoms with Crippen LogP contribution < -0.4 is 0 Å². The van der Waals surface area contributed by atoms with Gasteiger partial charge in [0.25, 0.3) is 0 Å². The lowest BCUT2D eigenvalue weighted by atomic mass is 9.72. The fraction of sp³-hybridized carbons (Fsp3) is 0.947. The molecule has 0 unspecified atom stereocenters. The second-order valence-corrected chi connectivity index (χ2v) is 7.12. The van der Waals surface area contributed by atoms with E-state index in [1.807, 2.05) is 0 Å². The van der Waals surface area contributed by atoms with Gasteiger partial charge in [0.2, 0.25) is 0 Å². The summed E-state index contributed by atoms with van der Waals surface area (Å²) >= 11 is 0. The summed E-state index contributed by atoms with van der Waals surface area (Å²) in [4.78, 5) is 10.5. The molecule has 3 atom stereocenters. The number of hydrogen-bond donors (Lipinski definition) is 2. The monoisotopic (exact) mass is 312 g/mol. The molecule has 0 aromatic heterocycles. The van der Waals surface area contributed by atoms with Gasteiger partial charge in [0, 0.05) is 6.42 Å². The SMILES string of the molecule is CCCCCC[C@@H]1CCC[C@H](O)[C@@H]1CCCCCCC(=O)O. The van der Waals surface area contributed by atoms with Gasteiger partial charge in [-0.15, -0.1) is 0 Å². The molecule has 0 radical (unpaired) electrons. The molecule has 0 amide bonds. The molecule has 1 rings (SSSR count). The summed E-state index contributed by atoms with van der Waals surface area (Å²) in [6.45, 7) is 2.25. The zero-order chi connectivity index (χ0) is 16.2. The number of unbranched alkanes of at least 4 members (excludes halogenated alkanes) is 6. The van der Waals surface area contributed by atoms with E-state index in [4.69, 9.17) is 5.11 Å². The first-order chi connectivity index (χ1) is 10.6. The molecule has 1 saturated carbocycles. The van der Waals surface area contributed by atoms with E-state index in [9.17, 15) is 9.90 Å². The fourth-order valence-electron chi connectivity index (χ4n) is 3.96. The van der Waals surface area contributed by atoms with Crippen LogP contribution in [0.3, 0.4) is 0 Å². The van der Waals surface area contributed by atoms with E-state index in [2.05, 4.69) is 6.92 Å². The van der Waals surface area contributed by atoms with Gasteiger partial charge in [-0.05, 0) is 37.5 Å². The van der Waals surface area contributed by atoms with Gasteiger partial charge in [0.15, 0.2) is 0 Å². The largest absolute Gasteiger partial charge is 0.481 e. The second kappa shape index (κ2) is 11.9. The lowest BCUT2D eigenvalue weighted by molar-refractivity contribution is -0.137. The molecule has 0 bridgehead atoms. The highest BCUT2D eigenvalue weighted by atomic mass is 16.4. The Bertz CT molecular complexity index is 290. The van der Waals surface area contributed by atoms with Crippen LogP contribution in [-0.2, 0) is 4.79 Å². The van der Waals surface area contributed by atoms with E-state index in [1.165, 1.54) is 44.9 Å². The lowest BCUT2D eigenvalue weighted by Gasteiger charge is -2.36. The van der Waals surface area contributed by atoms with Gasteiger partial charge in [-0.2, -0.15) is 0 Å². The van der Waals surface area contributed by atoms with E-state index in [-0.39, 0.29) is 6.10 Å². The highest BCUT2D eigenvalue weighted by Gasteiger charge is 2.30. The number of aliphatic hydroxyl groups excluding tert-OH is 1. The zero-order valence-corrected chi connectivity index (χ0v) is 14.4. The number of carboxylic acids is 1. The summed E-state index contributed by atoms with van der Waals surface area (Å²) in [7, 11) is 0. The van der Waals surface area contributed by atoms with E-state index in [0.717, 1.165) is 44.4 Å². The smallest absolute Gasteiger partial charge is 0.303 e. The van der Waals surface area contributed by atoms with Crippen LogP contribution in [0.2, 0.25) is 0 Å². The molecule has 2 N–H and O–H groups in total. The van der Waals surface area contributed by atoms with Crippen LogP contribution in [0.25, 0.3) is 0 Å². The van der Waals surface area contributed by atoms with Gasteiger partial charge in [-0.25, -0.2) is 0 Å². The number of hydrogen-bond acceptors (Lipinski definition) is 2. The number of rotatable bonds is 12. The molecule has 0 spiro atoms. The minimum atomic E-state index is -0.685. The van der Waals surface area contributed by atoms with Gasteiger partial charge >= 0.3 is 5.97 Å². The molecule has 0 saturated heterocycles. The predicted octanol–water partition coefficient (Wildman–Crippen LogP) is 5.16. The molecular formula is C19H36O3. The van der Waals surface area contributed by atoms with Gasteiger partial charge in [0.1, 0.15) is 0 Å². The molecule has 22 heavy (non-hydrogen) atoms. The molecule has 0 heterocycles. The van der Waals surface area contributed by atoms with Crippen molar-refractivity contribution in [1.82, 2.24) is 0 Å². The first-order valence-corrected chi connectivity index (χ1v) is 9.55. The maximum atomic E-state index is 10.5. The van der Waals surface area contributed by atoms with Gasteiger partial charge in [-0.1, -0.05) is 64.7 Å². The molecule has 1 fully saturated rings. The lowest BCUT2D eigenvalue weighted by Crippen LogP contribution is -2.32. The third kappa shape index (κ3) is 8.17. The third-order valence-corrected chi connectivity index (χ3v) is 5.28. The van der Waals surface area contributed by atoms with E-state index in [0.29, 0.717) is 12.3 Å². The van der Waals surface area contributed by atoms with E-state index < -0.39 is 5.97 Å². The average Bonchev–Trinajstić information content (AvgIpc) is 2.49. The molecule has 1 aliphatic carbocycles. The van der Waals surface area contributed by atoms with E-state index in [1.54, 1.807) is 0 Å². The number of aliphatic carboxylic acids is 1. The van der Waals surface area contributed by atoms with Crippen molar-refractivity contribution in [2.75, 3.05) is 0 Å². The Balaban J connectivity index is 2.21. The van der Waals surface area contributed by atoms with Crippen molar-refractivity contribution >= 4 is 5.97 Å². The summed E-state index contributed by atoms with van der Waals surface area (Å²) in [5.74, 6) is 0.532. The molecule has 0 aliphatic heterocycles. The number of carbonyl (C=O) groups is 1. The standard InChI is InChI=1S/C19H36O3/c1-2-3-4-7-11-16-12-10-14-18(20)17(16)13-8-5-6-9-15-19(21)22/h16-18,20H,2-15H2,1H3,(H,21,22)/t16-,17-,18+/m1/s1. The van der Waals surface area contributed by atoms with Crippen LogP contribution in [0.1, 0.15) is 96.8 Å². The molecule has 3 nitrogen and oxygen atoms in total. The predicted molar refractivity (Wildman–Crippen MR) is 90.9 cm³/mol. The minimum Gasteiger partial charge on any atom is -0.481 e. The molecule has 0 aromatic carbocycles. The van der Waals surface area contributed by atoms with Crippen molar-refractivity contribution in [3.63, 3.8) is 0 Å². The highest BCUT2D eigenvalue weighted by molar-refractivity contribution is 5.66. The number of carboxylic acid groups (broad SMARTS) is 1. The Hall–Kier alpha value is -0.570. The van der Waals surface area contributed by atoms with Crippen molar-refractivity contribution in [3.8, 4) is 0 Å². The second-order valence-electron chi connectivity index (χ2n) is 7.12. The normalized spacial score (nSPS) is 25.3. The summed E-state index contributed by atoms with van der Waals surface area (Å²) < 4.78 is 0. The molecule has 130 valence electrons. The topological polar surface area (TPSA) is 57.5 Å². The zero-order valence-electron chi connectivity index (χ0n) is 14.4. The molecule has 0 aromatic rings. The van der Waals surface area contributed by atoms with Crippen molar-refractivity contribution in [2.24, 2.45) is 11.8 Å². The fourth-order valence-corrected chi connectivity index (χ4v) is 3.96. The van der Waals surface area contributed by atoms with Gasteiger partial charge in [0.05, 0.1) is 6.10 Å². The van der Waals surface area contributed by atoms with Crippen LogP contribution in [0.4, 0.5) is 0 Å². The van der Waals surface area contributed by atoms with Gasteiger partial charge in [-0.3, -0.25) is 4.79 Å². The molecular weight excluding hydrogens is 276 g/mol. The van der Waals surface area contributed by atoms with Crippen molar-refractivity contribution in [3.05, 3.63) is 0 Å². The summed E-state index contributed by atoms with van der Waals surface area (Å²) in [5, 5.41) is 19.0. The van der Waals surface area contributed by atoms with Crippen LogP contribution in [0.15, 0.2) is 0 Å². The van der Waals surface area contributed by atoms with Crippen molar-refractivity contribution in [1.29, 1.82) is 0 Å².